The molecule has 2 aliphatic heterocycles. The van der Waals surface area contributed by atoms with E-state index < -0.39 is 61.1 Å². The summed E-state index contributed by atoms with van der Waals surface area (Å²) >= 11 is 0. The number of carbonyl (C=O) groups is 1. The maximum absolute atomic E-state index is 13.1. The SMILES string of the molecule is CC(C)=CCc1c(OC2OC(CO)C(O)C(O)C2O)cc(O)c2c1OC(c1ccc(O)cc1)C(O)C2=O. The maximum atomic E-state index is 13.1. The minimum Gasteiger partial charge on any atom is -0.508 e. The first kappa shape index (κ1) is 26.9. The average molecular weight is 519 g/mol. The lowest BCUT2D eigenvalue weighted by molar-refractivity contribution is -0.277. The fourth-order valence-corrected chi connectivity index (χ4v) is 4.32. The Morgan fingerprint density at radius 1 is 1.03 bits per heavy atom. The van der Waals surface area contributed by atoms with Crippen molar-refractivity contribution >= 4 is 5.78 Å². The number of phenolic OH excluding ortho intramolecular Hbond substituents is 2. The van der Waals surface area contributed by atoms with Crippen molar-refractivity contribution in [2.75, 3.05) is 6.61 Å². The second kappa shape index (κ2) is 10.7. The molecule has 0 saturated carbocycles. The van der Waals surface area contributed by atoms with Crippen molar-refractivity contribution in [1.82, 2.24) is 0 Å². The normalized spacial score (nSPS) is 29.3. The fourth-order valence-electron chi connectivity index (χ4n) is 4.32. The molecule has 0 aromatic heterocycles. The van der Waals surface area contributed by atoms with Gasteiger partial charge in [0.25, 0.3) is 0 Å². The lowest BCUT2D eigenvalue weighted by atomic mass is 9.90. The number of benzene rings is 2. The molecule has 2 heterocycles. The first-order valence-corrected chi connectivity index (χ1v) is 11.7. The van der Waals surface area contributed by atoms with Crippen molar-refractivity contribution in [1.29, 1.82) is 0 Å². The van der Waals surface area contributed by atoms with Crippen LogP contribution in [0.3, 0.4) is 0 Å². The zero-order valence-electron chi connectivity index (χ0n) is 20.2. The summed E-state index contributed by atoms with van der Waals surface area (Å²) in [5.41, 5.74) is 1.35. The maximum Gasteiger partial charge on any atom is 0.229 e. The quantitative estimate of drug-likeness (QED) is 0.263. The standard InChI is InChI=1S/C26H30O11/c1-11(2)3-8-14-16(35-26-23(34)21(32)19(30)17(10-27)36-26)9-15(29)18-20(31)22(33)24(37-25(14)18)12-4-6-13(28)7-5-12/h3-7,9,17,19,21-24,26-30,32-34H,8,10H2,1-2H3. The second-order valence-corrected chi connectivity index (χ2v) is 9.32. The van der Waals surface area contributed by atoms with Crippen molar-refractivity contribution in [3.05, 3.63) is 58.7 Å². The van der Waals surface area contributed by atoms with E-state index in [1.165, 1.54) is 24.3 Å². The number of rotatable bonds is 6. The summed E-state index contributed by atoms with van der Waals surface area (Å²) in [5.74, 6) is -1.45. The lowest BCUT2D eigenvalue weighted by Gasteiger charge is -2.40. The van der Waals surface area contributed by atoms with Gasteiger partial charge in [-0.2, -0.15) is 0 Å². The third-order valence-electron chi connectivity index (χ3n) is 6.40. The summed E-state index contributed by atoms with van der Waals surface area (Å²) in [6.45, 7) is 3.04. The molecule has 2 aromatic carbocycles. The average Bonchev–Trinajstić information content (AvgIpc) is 2.86. The van der Waals surface area contributed by atoms with Gasteiger partial charge in [0, 0.05) is 11.6 Å². The van der Waals surface area contributed by atoms with Gasteiger partial charge in [0.05, 0.1) is 6.61 Å². The number of hydrogen-bond donors (Lipinski definition) is 7. The molecule has 2 aliphatic rings. The van der Waals surface area contributed by atoms with Crippen LogP contribution in [0.2, 0.25) is 0 Å². The Balaban J connectivity index is 1.79. The summed E-state index contributed by atoms with van der Waals surface area (Å²) in [7, 11) is 0. The van der Waals surface area contributed by atoms with Gasteiger partial charge in [-0.05, 0) is 38.0 Å². The fraction of sp³-hybridized carbons (Fsp3) is 0.423. The zero-order valence-corrected chi connectivity index (χ0v) is 20.2. The number of fused-ring (bicyclic) bond motifs is 1. The van der Waals surface area contributed by atoms with Gasteiger partial charge in [0.1, 0.15) is 53.0 Å². The molecule has 7 N–H and O–H groups in total. The molecule has 7 unspecified atom stereocenters. The summed E-state index contributed by atoms with van der Waals surface area (Å²) in [6, 6.07) is 6.86. The van der Waals surface area contributed by atoms with Crippen molar-refractivity contribution in [2.45, 2.75) is 63.2 Å². The summed E-state index contributed by atoms with van der Waals surface area (Å²) in [4.78, 5) is 13.1. The van der Waals surface area contributed by atoms with Crippen LogP contribution in [0.4, 0.5) is 0 Å². The van der Waals surface area contributed by atoms with Crippen molar-refractivity contribution in [2.24, 2.45) is 0 Å². The monoisotopic (exact) mass is 518 g/mol. The van der Waals surface area contributed by atoms with Crippen LogP contribution < -0.4 is 9.47 Å². The van der Waals surface area contributed by atoms with Crippen molar-refractivity contribution in [3.8, 4) is 23.0 Å². The predicted octanol–water partition coefficient (Wildman–Crippen LogP) is 0.462. The molecule has 0 amide bonds. The van der Waals surface area contributed by atoms with Crippen LogP contribution in [0.25, 0.3) is 0 Å². The minimum absolute atomic E-state index is 0.0158. The number of aliphatic hydroxyl groups excluding tert-OH is 5. The Morgan fingerprint density at radius 3 is 2.32 bits per heavy atom. The number of aliphatic hydroxyl groups is 5. The number of ketones is 1. The van der Waals surface area contributed by atoms with Gasteiger partial charge in [0.15, 0.2) is 12.2 Å². The Bertz CT molecular complexity index is 1170. The van der Waals surface area contributed by atoms with Gasteiger partial charge in [-0.15, -0.1) is 0 Å². The third-order valence-corrected chi connectivity index (χ3v) is 6.40. The van der Waals surface area contributed by atoms with Gasteiger partial charge in [-0.25, -0.2) is 0 Å². The Morgan fingerprint density at radius 2 is 1.70 bits per heavy atom. The number of Topliss-reactive ketones (excluding diaryl/α,β-unsaturated/α-hetero) is 1. The minimum atomic E-state index is -1.71. The largest absolute Gasteiger partial charge is 0.508 e. The first-order chi connectivity index (χ1) is 17.5. The molecule has 1 saturated heterocycles. The van der Waals surface area contributed by atoms with E-state index in [0.717, 1.165) is 11.6 Å². The van der Waals surface area contributed by atoms with Gasteiger partial charge >= 0.3 is 0 Å². The van der Waals surface area contributed by atoms with Crippen LogP contribution in [0.15, 0.2) is 42.0 Å². The van der Waals surface area contributed by atoms with Gasteiger partial charge in [0.2, 0.25) is 12.1 Å². The van der Waals surface area contributed by atoms with E-state index in [2.05, 4.69) is 0 Å². The number of ether oxygens (including phenoxy) is 3. The van der Waals surface area contributed by atoms with Gasteiger partial charge in [-0.1, -0.05) is 23.8 Å². The number of aromatic hydroxyl groups is 2. The van der Waals surface area contributed by atoms with Crippen LogP contribution in [0.1, 0.15) is 41.4 Å². The Hall–Kier alpha value is -3.19. The second-order valence-electron chi connectivity index (χ2n) is 9.32. The smallest absolute Gasteiger partial charge is 0.229 e. The zero-order chi connectivity index (χ0) is 27.0. The highest BCUT2D eigenvalue weighted by molar-refractivity contribution is 6.06. The van der Waals surface area contributed by atoms with E-state index in [-0.39, 0.29) is 34.8 Å². The molecule has 2 aromatic rings. The molecule has 4 rings (SSSR count). The summed E-state index contributed by atoms with van der Waals surface area (Å²) < 4.78 is 17.3. The van der Waals surface area contributed by atoms with E-state index in [0.29, 0.717) is 5.56 Å². The number of phenols is 2. The highest BCUT2D eigenvalue weighted by atomic mass is 16.7. The number of carbonyl (C=O) groups excluding carboxylic acids is 1. The third kappa shape index (κ3) is 5.14. The molecular formula is C26H30O11. The number of hydrogen-bond acceptors (Lipinski definition) is 11. The summed E-state index contributed by atoms with van der Waals surface area (Å²) in [5, 5.41) is 71.2. The molecule has 37 heavy (non-hydrogen) atoms. The van der Waals surface area contributed by atoms with Crippen molar-refractivity contribution in [3.63, 3.8) is 0 Å². The Labute approximate surface area is 212 Å². The molecular weight excluding hydrogens is 488 g/mol. The summed E-state index contributed by atoms with van der Waals surface area (Å²) in [6.07, 6.45) is -8.58. The van der Waals surface area contributed by atoms with Crippen LogP contribution in [-0.4, -0.2) is 84.9 Å². The molecule has 0 aliphatic carbocycles. The van der Waals surface area contributed by atoms with Crippen LogP contribution in [0, 0.1) is 0 Å². The lowest BCUT2D eigenvalue weighted by Crippen LogP contribution is -2.60. The van der Waals surface area contributed by atoms with E-state index in [1.54, 1.807) is 6.08 Å². The van der Waals surface area contributed by atoms with Gasteiger partial charge < -0.3 is 50.0 Å². The van der Waals surface area contributed by atoms with Crippen LogP contribution in [-0.2, 0) is 11.2 Å². The number of allylic oxidation sites excluding steroid dienone is 2. The molecule has 0 spiro atoms. The first-order valence-electron chi connectivity index (χ1n) is 11.7. The highest BCUT2D eigenvalue weighted by Gasteiger charge is 2.46. The molecule has 200 valence electrons. The van der Waals surface area contributed by atoms with E-state index in [1.807, 2.05) is 13.8 Å². The van der Waals surface area contributed by atoms with Crippen LogP contribution in [0.5, 0.6) is 23.0 Å². The molecule has 1 fully saturated rings. The molecule has 11 nitrogen and oxygen atoms in total. The molecule has 0 bridgehead atoms. The van der Waals surface area contributed by atoms with E-state index >= 15 is 0 Å². The molecule has 11 heteroatoms. The van der Waals surface area contributed by atoms with Crippen LogP contribution >= 0.6 is 0 Å². The van der Waals surface area contributed by atoms with E-state index in [4.69, 9.17) is 14.2 Å². The molecule has 0 radical (unpaired) electrons. The topological polar surface area (TPSA) is 186 Å². The molecule has 7 atom stereocenters. The van der Waals surface area contributed by atoms with Crippen molar-refractivity contribution < 1.29 is 54.8 Å². The predicted molar refractivity (Wildman–Crippen MR) is 127 cm³/mol. The van der Waals surface area contributed by atoms with Gasteiger partial charge in [-0.3, -0.25) is 4.79 Å². The Kier molecular flexibility index (Phi) is 7.74. The highest BCUT2D eigenvalue weighted by Crippen LogP contribution is 2.46. The van der Waals surface area contributed by atoms with E-state index in [9.17, 15) is 40.5 Å².